The van der Waals surface area contributed by atoms with Gasteiger partial charge in [0, 0.05) is 24.2 Å². The van der Waals surface area contributed by atoms with E-state index in [0.29, 0.717) is 25.7 Å². The summed E-state index contributed by atoms with van der Waals surface area (Å²) in [7, 11) is 0. The fraction of sp³-hybridized carbons (Fsp3) is 0.435. The Hall–Kier alpha value is -4.38. The largest absolute Gasteiger partial charge is 0.390 e. The van der Waals surface area contributed by atoms with Gasteiger partial charge in [0.2, 0.25) is 11.8 Å². The average Bonchev–Trinajstić information content (AvgIpc) is 3.14. The molecule has 0 aromatic heterocycles. The SMILES string of the molecule is CC(C)(C)N[C@@H](Cc1ccccc1)C(=O)N[C@@H](Cc1ccccc1)[C@H](O)CNC[C@@H](O)[C@H](Cc1ccccc1)NC(=O)[C@H](Cc1ccccc1)NC(C)(C)C. The van der Waals surface area contributed by atoms with Gasteiger partial charge in [-0.15, -0.1) is 0 Å². The van der Waals surface area contributed by atoms with Crippen LogP contribution < -0.4 is 26.6 Å². The highest BCUT2D eigenvalue weighted by molar-refractivity contribution is 5.83. The molecule has 9 heteroatoms. The van der Waals surface area contributed by atoms with Gasteiger partial charge in [0.25, 0.3) is 0 Å². The predicted octanol–water partition coefficient (Wildman–Crippen LogP) is 4.75. The van der Waals surface area contributed by atoms with Gasteiger partial charge < -0.3 is 36.8 Å². The smallest absolute Gasteiger partial charge is 0.237 e. The van der Waals surface area contributed by atoms with Crippen molar-refractivity contribution in [1.82, 2.24) is 26.6 Å². The van der Waals surface area contributed by atoms with Crippen molar-refractivity contribution >= 4 is 11.8 Å². The molecule has 4 aromatic rings. The van der Waals surface area contributed by atoms with E-state index in [1.807, 2.05) is 163 Å². The highest BCUT2D eigenvalue weighted by atomic mass is 16.3. The van der Waals surface area contributed by atoms with Crippen molar-refractivity contribution in [2.45, 2.75) is 115 Å². The van der Waals surface area contributed by atoms with Crippen LogP contribution in [0.25, 0.3) is 0 Å². The number of hydrogen-bond donors (Lipinski definition) is 7. The highest BCUT2D eigenvalue weighted by Crippen LogP contribution is 2.14. The van der Waals surface area contributed by atoms with E-state index in [0.717, 1.165) is 22.3 Å². The fourth-order valence-electron chi connectivity index (χ4n) is 6.70. The summed E-state index contributed by atoms with van der Waals surface area (Å²) >= 11 is 0. The molecule has 4 aromatic carbocycles. The lowest BCUT2D eigenvalue weighted by molar-refractivity contribution is -0.125. The molecule has 0 radical (unpaired) electrons. The zero-order chi connectivity index (χ0) is 39.8. The molecular weight excluding hydrogens is 687 g/mol. The molecular formula is C46H63N5O4. The fourth-order valence-corrected chi connectivity index (χ4v) is 6.70. The predicted molar refractivity (Wildman–Crippen MR) is 223 cm³/mol. The Bertz CT molecular complexity index is 1570. The number of hydrogen-bond acceptors (Lipinski definition) is 7. The lowest BCUT2D eigenvalue weighted by Crippen LogP contribution is -2.58. The van der Waals surface area contributed by atoms with Gasteiger partial charge in [-0.2, -0.15) is 0 Å². The van der Waals surface area contributed by atoms with Crippen molar-refractivity contribution in [3.63, 3.8) is 0 Å². The van der Waals surface area contributed by atoms with Gasteiger partial charge in [-0.3, -0.25) is 9.59 Å². The minimum absolute atomic E-state index is 0.110. The maximum absolute atomic E-state index is 13.9. The Balaban J connectivity index is 1.47. The summed E-state index contributed by atoms with van der Waals surface area (Å²) in [6.07, 6.45) is -0.124. The molecule has 4 rings (SSSR count). The summed E-state index contributed by atoms with van der Waals surface area (Å²) in [4.78, 5) is 27.9. The van der Waals surface area contributed by atoms with Crippen LogP contribution in [0.5, 0.6) is 0 Å². The van der Waals surface area contributed by atoms with Crippen molar-refractivity contribution in [3.05, 3.63) is 144 Å². The van der Waals surface area contributed by atoms with Crippen LogP contribution in [0.2, 0.25) is 0 Å². The first-order valence-corrected chi connectivity index (χ1v) is 19.5. The molecule has 6 atom stereocenters. The van der Waals surface area contributed by atoms with E-state index in [-0.39, 0.29) is 36.0 Å². The van der Waals surface area contributed by atoms with Crippen LogP contribution in [0.3, 0.4) is 0 Å². The Morgan fingerprint density at radius 3 is 1.02 bits per heavy atom. The molecule has 0 aliphatic rings. The number of aliphatic hydroxyl groups excluding tert-OH is 2. The Morgan fingerprint density at radius 2 is 0.745 bits per heavy atom. The van der Waals surface area contributed by atoms with Crippen molar-refractivity contribution in [2.75, 3.05) is 13.1 Å². The zero-order valence-electron chi connectivity index (χ0n) is 33.5. The molecule has 0 aliphatic heterocycles. The van der Waals surface area contributed by atoms with Crippen molar-refractivity contribution < 1.29 is 19.8 Å². The molecule has 55 heavy (non-hydrogen) atoms. The van der Waals surface area contributed by atoms with Crippen LogP contribution in [0, 0.1) is 0 Å². The molecule has 0 saturated heterocycles. The summed E-state index contributed by atoms with van der Waals surface area (Å²) < 4.78 is 0. The first-order valence-electron chi connectivity index (χ1n) is 19.5. The molecule has 0 unspecified atom stereocenters. The van der Waals surface area contributed by atoms with Crippen molar-refractivity contribution in [1.29, 1.82) is 0 Å². The second-order valence-corrected chi connectivity index (χ2v) is 16.7. The van der Waals surface area contributed by atoms with E-state index in [4.69, 9.17) is 0 Å². The Labute approximate surface area is 328 Å². The molecule has 0 heterocycles. The summed E-state index contributed by atoms with van der Waals surface area (Å²) in [6.45, 7) is 12.4. The first-order chi connectivity index (χ1) is 26.1. The molecule has 0 saturated carbocycles. The van der Waals surface area contributed by atoms with Crippen LogP contribution in [-0.2, 0) is 35.3 Å². The topological polar surface area (TPSA) is 135 Å². The lowest BCUT2D eigenvalue weighted by Gasteiger charge is -2.32. The Morgan fingerprint density at radius 1 is 0.473 bits per heavy atom. The summed E-state index contributed by atoms with van der Waals surface area (Å²) in [5.74, 6) is -0.392. The third kappa shape index (κ3) is 16.1. The number of carbonyl (C=O) groups excluding carboxylic acids is 2. The van der Waals surface area contributed by atoms with Gasteiger partial charge in [-0.05, 0) is 89.5 Å². The van der Waals surface area contributed by atoms with E-state index < -0.39 is 36.4 Å². The summed E-state index contributed by atoms with van der Waals surface area (Å²) in [6, 6.07) is 37.1. The van der Waals surface area contributed by atoms with E-state index >= 15 is 0 Å². The standard InChI is InChI=1S/C46H63N5O4/c1-45(2,3)50-39(29-35-23-15-9-16-24-35)43(54)48-37(27-33-19-11-7-12-20-33)41(52)31-47-32-42(53)38(28-34-21-13-8-14-22-34)49-44(55)40(51-46(4,5)6)30-36-25-17-10-18-26-36/h7-26,37-42,47,50-53H,27-32H2,1-6H3,(H,48,54)(H,49,55)/t37-,38-,39-,40-,41+,42+/m0/s1. The third-order valence-corrected chi connectivity index (χ3v) is 9.30. The monoisotopic (exact) mass is 749 g/mol. The summed E-state index contributed by atoms with van der Waals surface area (Å²) in [5.41, 5.74) is 3.39. The van der Waals surface area contributed by atoms with E-state index in [2.05, 4.69) is 26.6 Å². The molecule has 0 aliphatic carbocycles. The van der Waals surface area contributed by atoms with E-state index in [1.165, 1.54) is 0 Å². The van der Waals surface area contributed by atoms with Gasteiger partial charge in [0.15, 0.2) is 0 Å². The van der Waals surface area contributed by atoms with Crippen molar-refractivity contribution in [3.8, 4) is 0 Å². The number of aliphatic hydroxyl groups is 2. The van der Waals surface area contributed by atoms with Gasteiger partial charge >= 0.3 is 0 Å². The third-order valence-electron chi connectivity index (χ3n) is 9.30. The maximum Gasteiger partial charge on any atom is 0.237 e. The number of benzene rings is 4. The van der Waals surface area contributed by atoms with Crippen LogP contribution >= 0.6 is 0 Å². The number of carbonyl (C=O) groups is 2. The normalized spacial score (nSPS) is 15.3. The van der Waals surface area contributed by atoms with Gasteiger partial charge in [-0.1, -0.05) is 121 Å². The minimum Gasteiger partial charge on any atom is -0.390 e. The van der Waals surface area contributed by atoms with Gasteiger partial charge in [0.05, 0.1) is 36.4 Å². The molecule has 0 bridgehead atoms. The molecule has 0 fully saturated rings. The maximum atomic E-state index is 13.9. The van der Waals surface area contributed by atoms with Crippen LogP contribution in [0.1, 0.15) is 63.8 Å². The van der Waals surface area contributed by atoms with Gasteiger partial charge in [-0.25, -0.2) is 0 Å². The Kier molecular flexibility index (Phi) is 16.6. The second-order valence-electron chi connectivity index (χ2n) is 16.7. The lowest BCUT2D eigenvalue weighted by atomic mass is 9.97. The van der Waals surface area contributed by atoms with E-state index in [9.17, 15) is 19.8 Å². The summed E-state index contributed by atoms with van der Waals surface area (Å²) in [5, 5.41) is 39.7. The van der Waals surface area contributed by atoms with Crippen LogP contribution in [0.4, 0.5) is 0 Å². The highest BCUT2D eigenvalue weighted by Gasteiger charge is 2.31. The average molecular weight is 750 g/mol. The first kappa shape index (κ1) is 43.3. The molecule has 0 spiro atoms. The van der Waals surface area contributed by atoms with Crippen LogP contribution in [-0.4, -0.2) is 82.6 Å². The second kappa shape index (κ2) is 21.1. The number of rotatable bonds is 20. The minimum atomic E-state index is -0.975. The molecule has 9 nitrogen and oxygen atoms in total. The molecule has 7 N–H and O–H groups in total. The molecule has 2 amide bonds. The van der Waals surface area contributed by atoms with Gasteiger partial charge in [0.1, 0.15) is 0 Å². The zero-order valence-corrected chi connectivity index (χ0v) is 33.5. The van der Waals surface area contributed by atoms with Crippen LogP contribution in [0.15, 0.2) is 121 Å². The van der Waals surface area contributed by atoms with Crippen molar-refractivity contribution in [2.24, 2.45) is 0 Å². The quantitative estimate of drug-likeness (QED) is 0.0694. The number of nitrogens with one attached hydrogen (secondary N) is 5. The molecule has 296 valence electrons. The number of amides is 2. The van der Waals surface area contributed by atoms with E-state index in [1.54, 1.807) is 0 Å².